The van der Waals surface area contributed by atoms with Gasteiger partial charge >= 0.3 is 0 Å². The molecule has 2 aromatic rings. The van der Waals surface area contributed by atoms with Crippen molar-refractivity contribution in [3.63, 3.8) is 0 Å². The van der Waals surface area contributed by atoms with Gasteiger partial charge in [-0.15, -0.1) is 0 Å². The summed E-state index contributed by atoms with van der Waals surface area (Å²) in [7, 11) is 0. The molecule has 3 heterocycles. The summed E-state index contributed by atoms with van der Waals surface area (Å²) in [5.74, 6) is 0.377. The van der Waals surface area contributed by atoms with Gasteiger partial charge in [0.1, 0.15) is 0 Å². The molecular formula is C22H26N4O4. The molecule has 0 N–H and O–H groups in total. The van der Waals surface area contributed by atoms with E-state index in [0.717, 1.165) is 30.1 Å². The van der Waals surface area contributed by atoms with Crippen LogP contribution in [0.5, 0.6) is 0 Å². The van der Waals surface area contributed by atoms with Crippen LogP contribution in [0, 0.1) is 13.8 Å². The highest BCUT2D eigenvalue weighted by atomic mass is 16.5. The van der Waals surface area contributed by atoms with Crippen molar-refractivity contribution in [2.45, 2.75) is 33.2 Å². The van der Waals surface area contributed by atoms with Crippen LogP contribution < -0.4 is 0 Å². The van der Waals surface area contributed by atoms with Gasteiger partial charge in [0.15, 0.2) is 5.76 Å². The van der Waals surface area contributed by atoms with Crippen molar-refractivity contribution in [3.8, 4) is 0 Å². The Morgan fingerprint density at radius 3 is 2.47 bits per heavy atom. The number of carbonyl (C=O) groups is 3. The summed E-state index contributed by atoms with van der Waals surface area (Å²) in [6, 6.07) is 7.22. The molecule has 30 heavy (non-hydrogen) atoms. The zero-order valence-electron chi connectivity index (χ0n) is 17.4. The number of fused-ring (bicyclic) bond motifs is 1. The first-order valence-corrected chi connectivity index (χ1v) is 10.3. The molecule has 8 nitrogen and oxygen atoms in total. The molecule has 4 rings (SSSR count). The first-order chi connectivity index (χ1) is 14.4. The van der Waals surface area contributed by atoms with Crippen molar-refractivity contribution >= 4 is 17.7 Å². The van der Waals surface area contributed by atoms with Crippen molar-refractivity contribution in [2.24, 2.45) is 0 Å². The summed E-state index contributed by atoms with van der Waals surface area (Å²) in [5, 5.41) is 3.90. The van der Waals surface area contributed by atoms with Crippen LogP contribution in [0.15, 0.2) is 28.8 Å². The SMILES string of the molecule is Cc1ccc2c(c1)C(=O)N(CCCC(=O)N1CCN(Cc3cc(C)no3)CC1)C2=O. The van der Waals surface area contributed by atoms with E-state index in [1.807, 2.05) is 30.9 Å². The number of amides is 3. The van der Waals surface area contributed by atoms with E-state index in [1.165, 1.54) is 4.90 Å². The van der Waals surface area contributed by atoms with Gasteiger partial charge in [-0.25, -0.2) is 0 Å². The fourth-order valence-corrected chi connectivity index (χ4v) is 4.02. The lowest BCUT2D eigenvalue weighted by molar-refractivity contribution is -0.133. The summed E-state index contributed by atoms with van der Waals surface area (Å²) in [4.78, 5) is 42.9. The number of benzene rings is 1. The lowest BCUT2D eigenvalue weighted by atomic mass is 10.1. The standard InChI is InChI=1S/C22H26N4O4/c1-15-5-6-18-19(12-15)22(29)26(21(18)28)7-3-4-20(27)25-10-8-24(9-11-25)14-17-13-16(2)23-30-17/h5-6,12-13H,3-4,7-11,14H2,1-2H3. The van der Waals surface area contributed by atoms with Crippen molar-refractivity contribution in [2.75, 3.05) is 32.7 Å². The second-order valence-electron chi connectivity index (χ2n) is 8.01. The fraction of sp³-hybridized carbons (Fsp3) is 0.455. The third-order valence-corrected chi connectivity index (χ3v) is 5.68. The number of carbonyl (C=O) groups excluding carboxylic acids is 3. The van der Waals surface area contributed by atoms with Gasteiger partial charge in [0, 0.05) is 45.2 Å². The Bertz CT molecular complexity index is 975. The number of rotatable bonds is 6. The molecule has 1 saturated heterocycles. The summed E-state index contributed by atoms with van der Waals surface area (Å²) >= 11 is 0. The highest BCUT2D eigenvalue weighted by molar-refractivity contribution is 6.21. The number of piperazine rings is 1. The molecular weight excluding hydrogens is 384 g/mol. The van der Waals surface area contributed by atoms with Crippen LogP contribution >= 0.6 is 0 Å². The molecule has 3 amide bonds. The normalized spacial score (nSPS) is 17.0. The van der Waals surface area contributed by atoms with Crippen molar-refractivity contribution in [1.29, 1.82) is 0 Å². The van der Waals surface area contributed by atoms with Crippen LogP contribution in [0.1, 0.15) is 50.6 Å². The quantitative estimate of drug-likeness (QED) is 0.677. The zero-order valence-corrected chi connectivity index (χ0v) is 17.4. The van der Waals surface area contributed by atoms with Crippen LogP contribution in [0.25, 0.3) is 0 Å². The van der Waals surface area contributed by atoms with Crippen LogP contribution in [-0.4, -0.2) is 70.3 Å². The summed E-state index contributed by atoms with van der Waals surface area (Å²) < 4.78 is 5.26. The van der Waals surface area contributed by atoms with E-state index in [0.29, 0.717) is 43.6 Å². The number of imide groups is 1. The third kappa shape index (κ3) is 4.14. The second-order valence-corrected chi connectivity index (χ2v) is 8.01. The molecule has 0 bridgehead atoms. The Morgan fingerprint density at radius 1 is 1.03 bits per heavy atom. The Morgan fingerprint density at radius 2 is 1.77 bits per heavy atom. The Balaban J connectivity index is 1.22. The monoisotopic (exact) mass is 410 g/mol. The number of hydrogen-bond donors (Lipinski definition) is 0. The van der Waals surface area contributed by atoms with Crippen LogP contribution in [-0.2, 0) is 11.3 Å². The molecule has 0 aliphatic carbocycles. The van der Waals surface area contributed by atoms with Crippen molar-refractivity contribution in [3.05, 3.63) is 52.4 Å². The molecule has 1 aromatic carbocycles. The lowest BCUT2D eigenvalue weighted by Gasteiger charge is -2.34. The van der Waals surface area contributed by atoms with Gasteiger partial charge in [-0.2, -0.15) is 0 Å². The molecule has 0 saturated carbocycles. The van der Waals surface area contributed by atoms with Gasteiger partial charge < -0.3 is 9.42 Å². The second kappa shape index (κ2) is 8.39. The van der Waals surface area contributed by atoms with Gasteiger partial charge in [-0.05, 0) is 32.4 Å². The Kier molecular flexibility index (Phi) is 5.67. The zero-order chi connectivity index (χ0) is 21.3. The lowest BCUT2D eigenvalue weighted by Crippen LogP contribution is -2.48. The van der Waals surface area contributed by atoms with E-state index in [1.54, 1.807) is 12.1 Å². The van der Waals surface area contributed by atoms with E-state index in [-0.39, 0.29) is 24.3 Å². The van der Waals surface area contributed by atoms with Gasteiger partial charge in [-0.3, -0.25) is 24.2 Å². The van der Waals surface area contributed by atoms with Crippen molar-refractivity contribution in [1.82, 2.24) is 19.9 Å². The third-order valence-electron chi connectivity index (χ3n) is 5.68. The first-order valence-electron chi connectivity index (χ1n) is 10.3. The molecule has 0 radical (unpaired) electrons. The molecule has 158 valence electrons. The van der Waals surface area contributed by atoms with E-state index in [9.17, 15) is 14.4 Å². The van der Waals surface area contributed by atoms with Crippen LogP contribution in [0.3, 0.4) is 0 Å². The van der Waals surface area contributed by atoms with Gasteiger partial charge in [0.2, 0.25) is 5.91 Å². The Hall–Kier alpha value is -3.00. The first kappa shape index (κ1) is 20.3. The van der Waals surface area contributed by atoms with E-state index in [4.69, 9.17) is 4.52 Å². The molecule has 0 unspecified atom stereocenters. The highest BCUT2D eigenvalue weighted by Gasteiger charge is 2.35. The number of hydrogen-bond acceptors (Lipinski definition) is 6. The fourth-order valence-electron chi connectivity index (χ4n) is 4.02. The highest BCUT2D eigenvalue weighted by Crippen LogP contribution is 2.24. The molecule has 0 spiro atoms. The summed E-state index contributed by atoms with van der Waals surface area (Å²) in [6.07, 6.45) is 0.800. The maximum absolute atomic E-state index is 12.6. The minimum Gasteiger partial charge on any atom is -0.360 e. The number of nitrogens with zero attached hydrogens (tertiary/aromatic N) is 4. The summed E-state index contributed by atoms with van der Waals surface area (Å²) in [5.41, 5.74) is 2.73. The minimum absolute atomic E-state index is 0.0672. The summed E-state index contributed by atoms with van der Waals surface area (Å²) in [6.45, 7) is 7.64. The topological polar surface area (TPSA) is 87.0 Å². The Labute approximate surface area is 175 Å². The molecule has 2 aliphatic rings. The van der Waals surface area contributed by atoms with E-state index >= 15 is 0 Å². The molecule has 2 aliphatic heterocycles. The predicted molar refractivity (Wildman–Crippen MR) is 109 cm³/mol. The van der Waals surface area contributed by atoms with Crippen LogP contribution in [0.2, 0.25) is 0 Å². The maximum atomic E-state index is 12.6. The number of aromatic nitrogens is 1. The maximum Gasteiger partial charge on any atom is 0.261 e. The van der Waals surface area contributed by atoms with E-state index < -0.39 is 0 Å². The molecule has 0 atom stereocenters. The average Bonchev–Trinajstić information content (AvgIpc) is 3.24. The predicted octanol–water partition coefficient (Wildman–Crippen LogP) is 2.01. The van der Waals surface area contributed by atoms with Gasteiger partial charge in [-0.1, -0.05) is 16.8 Å². The smallest absolute Gasteiger partial charge is 0.261 e. The average molecular weight is 410 g/mol. The molecule has 1 fully saturated rings. The van der Waals surface area contributed by atoms with Crippen LogP contribution in [0.4, 0.5) is 0 Å². The largest absolute Gasteiger partial charge is 0.360 e. The van der Waals surface area contributed by atoms with Gasteiger partial charge in [0.25, 0.3) is 11.8 Å². The van der Waals surface area contributed by atoms with E-state index in [2.05, 4.69) is 10.1 Å². The molecule has 1 aromatic heterocycles. The number of aryl methyl sites for hydroxylation is 2. The van der Waals surface area contributed by atoms with Crippen molar-refractivity contribution < 1.29 is 18.9 Å². The van der Waals surface area contributed by atoms with Gasteiger partial charge in [0.05, 0.1) is 23.4 Å². The minimum atomic E-state index is -0.265. The molecule has 8 heteroatoms.